The first-order valence-corrected chi connectivity index (χ1v) is 24.1. The monoisotopic (exact) mass is 774 g/mol. The number of aldehydes is 1. The van der Waals surface area contributed by atoms with Gasteiger partial charge in [0.25, 0.3) is 0 Å². The minimum atomic E-state index is -2.43. The number of halogens is 1. The molecule has 7 atom stereocenters. The summed E-state index contributed by atoms with van der Waals surface area (Å²) in [5.74, 6) is -0.109. The fourth-order valence-electron chi connectivity index (χ4n) is 6.08. The molecule has 9 nitrogen and oxygen atoms in total. The molecule has 2 rings (SSSR count). The lowest BCUT2D eigenvalue weighted by molar-refractivity contribution is -0.117. The largest absolute Gasteiger partial charge is 0.508 e. The molecule has 48 heavy (non-hydrogen) atoms. The van der Waals surface area contributed by atoms with E-state index in [0.717, 1.165) is 35.7 Å². The van der Waals surface area contributed by atoms with Crippen LogP contribution in [-0.2, 0) is 39.2 Å². The fraction of sp³-hybridized carbons (Fsp3) is 0.778. The van der Waals surface area contributed by atoms with Crippen molar-refractivity contribution in [2.75, 3.05) is 32.3 Å². The molecule has 1 heterocycles. The summed E-state index contributed by atoms with van der Waals surface area (Å²) >= 11 is 3.30. The van der Waals surface area contributed by atoms with Gasteiger partial charge in [0, 0.05) is 23.1 Å². The van der Waals surface area contributed by atoms with Crippen LogP contribution in [0, 0.1) is 17.8 Å². The fourth-order valence-corrected chi connectivity index (χ4v) is 10.6. The lowest BCUT2D eigenvalue weighted by Crippen LogP contribution is -2.57. The normalized spacial score (nSPS) is 21.5. The van der Waals surface area contributed by atoms with Crippen LogP contribution in [0.25, 0.3) is 0 Å². The zero-order valence-corrected chi connectivity index (χ0v) is 35.1. The number of hydrogen-bond acceptors (Lipinski definition) is 9. The highest BCUT2D eigenvalue weighted by molar-refractivity contribution is 9.09. The average Bonchev–Trinajstić information content (AvgIpc) is 3.76. The summed E-state index contributed by atoms with van der Waals surface area (Å²) in [6, 6.07) is 10.6. The first kappa shape index (κ1) is 42.9. The van der Waals surface area contributed by atoms with E-state index < -0.39 is 52.4 Å². The summed E-state index contributed by atoms with van der Waals surface area (Å²) in [5.41, 5.74) is 0.328. The molecule has 0 amide bonds. The number of epoxide rings is 1. The van der Waals surface area contributed by atoms with Crippen molar-refractivity contribution >= 4 is 45.0 Å². The van der Waals surface area contributed by atoms with Crippen molar-refractivity contribution in [2.24, 2.45) is 17.8 Å². The van der Waals surface area contributed by atoms with E-state index in [1.165, 1.54) is 0 Å². The van der Waals surface area contributed by atoms with Gasteiger partial charge in [0.2, 0.25) is 0 Å². The van der Waals surface area contributed by atoms with Crippen LogP contribution in [0.5, 0.6) is 5.75 Å². The summed E-state index contributed by atoms with van der Waals surface area (Å²) in [7, 11) is -3.00. The Labute approximate surface area is 300 Å². The third-order valence-electron chi connectivity index (χ3n) is 10.6. The zero-order valence-electron chi connectivity index (χ0n) is 31.6. The maximum Gasteiger partial charge on any atom is 0.508 e. The highest BCUT2D eigenvalue weighted by Crippen LogP contribution is 2.51. The van der Waals surface area contributed by atoms with Gasteiger partial charge in [0.05, 0.1) is 38.6 Å². The van der Waals surface area contributed by atoms with Gasteiger partial charge in [-0.05, 0) is 60.9 Å². The summed E-state index contributed by atoms with van der Waals surface area (Å²) in [6.45, 7) is 24.8. The molecule has 1 aliphatic rings. The predicted octanol–water partition coefficient (Wildman–Crippen LogP) is 8.79. The van der Waals surface area contributed by atoms with Crippen LogP contribution in [0.1, 0.15) is 67.9 Å². The summed E-state index contributed by atoms with van der Waals surface area (Å²) in [6.07, 6.45) is -1.05. The van der Waals surface area contributed by atoms with Crippen molar-refractivity contribution in [3.05, 3.63) is 29.8 Å². The maximum absolute atomic E-state index is 12.7. The van der Waals surface area contributed by atoms with Crippen LogP contribution in [0.3, 0.4) is 0 Å². The number of alkyl halides is 1. The molecule has 1 aromatic carbocycles. The molecule has 0 aromatic heterocycles. The van der Waals surface area contributed by atoms with Gasteiger partial charge in [-0.1, -0.05) is 83.5 Å². The van der Waals surface area contributed by atoms with Gasteiger partial charge in [-0.3, -0.25) is 0 Å². The molecule has 0 unspecified atom stereocenters. The van der Waals surface area contributed by atoms with Crippen molar-refractivity contribution < 1.29 is 42.1 Å². The Hall–Kier alpha value is -1.29. The van der Waals surface area contributed by atoms with E-state index in [0.29, 0.717) is 18.5 Å². The van der Waals surface area contributed by atoms with Crippen molar-refractivity contribution in [3.63, 3.8) is 0 Å². The second-order valence-corrected chi connectivity index (χ2v) is 25.2. The van der Waals surface area contributed by atoms with Gasteiger partial charge in [-0.25, -0.2) is 4.79 Å². The van der Waals surface area contributed by atoms with E-state index >= 15 is 0 Å². The van der Waals surface area contributed by atoms with Gasteiger partial charge in [-0.2, -0.15) is 0 Å². The number of methoxy groups -OCH3 is 1. The first-order chi connectivity index (χ1) is 22.5. The summed E-state index contributed by atoms with van der Waals surface area (Å²) < 4.78 is 43.6. The highest BCUT2D eigenvalue weighted by Gasteiger charge is 2.65. The van der Waals surface area contributed by atoms with E-state index in [-0.39, 0.29) is 30.3 Å². The third-order valence-corrected chi connectivity index (χ3v) is 20.0. The Morgan fingerprint density at radius 3 is 2.12 bits per heavy atom. The molecular weight excluding hydrogens is 712 g/mol. The number of carbonyl (C=O) groups is 2. The Morgan fingerprint density at radius 2 is 1.62 bits per heavy atom. The third kappa shape index (κ3) is 11.4. The van der Waals surface area contributed by atoms with Crippen molar-refractivity contribution in [1.29, 1.82) is 0 Å². The van der Waals surface area contributed by atoms with Gasteiger partial charge in [0.1, 0.15) is 30.9 Å². The minimum Gasteiger partial charge on any atom is -0.497 e. The SMILES string of the molecule is CC[Si](CC)(CC)O[C@H]([C@H](COC(=O)OCCBr)[C@H](O[Si](C)(C)C(C)(C)C)[C@@]1(C)O[C@@H]1[C@@H](C)COCc1ccc(OC)cc1)[C@H](C)C=O. The second-order valence-electron chi connectivity index (χ2n) is 14.9. The van der Waals surface area contributed by atoms with E-state index in [1.807, 2.05) is 31.2 Å². The van der Waals surface area contributed by atoms with Gasteiger partial charge in [-0.15, -0.1) is 0 Å². The molecule has 0 saturated carbocycles. The number of carbonyl (C=O) groups excluding carboxylic acids is 2. The van der Waals surface area contributed by atoms with Crippen LogP contribution in [-0.4, -0.2) is 85.2 Å². The maximum atomic E-state index is 12.7. The number of rotatable bonds is 22. The minimum absolute atomic E-state index is 0.0289. The Kier molecular flexibility index (Phi) is 16.8. The highest BCUT2D eigenvalue weighted by atomic mass is 79.9. The average molecular weight is 776 g/mol. The quantitative estimate of drug-likeness (QED) is 0.0376. The number of benzene rings is 1. The van der Waals surface area contributed by atoms with E-state index in [1.54, 1.807) is 7.11 Å². The first-order valence-electron chi connectivity index (χ1n) is 17.5. The lowest BCUT2D eigenvalue weighted by Gasteiger charge is -2.46. The molecule has 0 radical (unpaired) electrons. The lowest BCUT2D eigenvalue weighted by atomic mass is 9.80. The van der Waals surface area contributed by atoms with Crippen LogP contribution in [0.15, 0.2) is 24.3 Å². The Bertz CT molecular complexity index is 1120. The molecule has 0 N–H and O–H groups in total. The topological polar surface area (TPSA) is 102 Å². The predicted molar refractivity (Wildman–Crippen MR) is 199 cm³/mol. The molecule has 1 fully saturated rings. The molecule has 12 heteroatoms. The summed E-state index contributed by atoms with van der Waals surface area (Å²) in [5, 5.41) is 0.390. The van der Waals surface area contributed by atoms with E-state index in [4.69, 9.17) is 32.5 Å². The Balaban J connectivity index is 2.52. The van der Waals surface area contributed by atoms with Crippen molar-refractivity contribution in [3.8, 4) is 5.75 Å². The molecule has 276 valence electrons. The van der Waals surface area contributed by atoms with Crippen LogP contribution < -0.4 is 4.74 Å². The second kappa shape index (κ2) is 18.8. The van der Waals surface area contributed by atoms with Crippen LogP contribution >= 0.6 is 15.9 Å². The van der Waals surface area contributed by atoms with E-state index in [9.17, 15) is 9.59 Å². The molecular formula is C36H63BrO9Si2. The van der Waals surface area contributed by atoms with Crippen LogP contribution in [0.2, 0.25) is 36.3 Å². The molecule has 0 aliphatic carbocycles. The zero-order chi connectivity index (χ0) is 36.3. The standard InChI is InChI=1S/C36H63BrO9Si2/c1-13-48(14-2,15-3)45-31(26(4)22-38)30(25-43-34(39)42-21-20-37)33(46-47(11,12)35(6,7)8)36(9)32(44-36)27(5)23-41-24-28-16-18-29(40-10)19-17-28/h16-19,22,26-27,30-33H,13-15,20-21,23-25H2,1-12H3/t26-,27+,30+,31+,32-,33+,36+/m1/s1. The molecule has 1 aliphatic heterocycles. The van der Waals surface area contributed by atoms with E-state index in [2.05, 4.69) is 84.4 Å². The molecule has 1 saturated heterocycles. The van der Waals surface area contributed by atoms with Gasteiger partial charge in [0.15, 0.2) is 16.6 Å². The molecule has 0 spiro atoms. The summed E-state index contributed by atoms with van der Waals surface area (Å²) in [4.78, 5) is 25.3. The van der Waals surface area contributed by atoms with Gasteiger partial charge >= 0.3 is 6.16 Å². The van der Waals surface area contributed by atoms with Crippen molar-refractivity contribution in [2.45, 2.75) is 129 Å². The molecule has 1 aromatic rings. The van der Waals surface area contributed by atoms with Gasteiger partial charge < -0.3 is 37.3 Å². The Morgan fingerprint density at radius 1 is 1.02 bits per heavy atom. The van der Waals surface area contributed by atoms with Crippen LogP contribution in [0.4, 0.5) is 4.79 Å². The smallest absolute Gasteiger partial charge is 0.497 e. The number of hydrogen-bond donors (Lipinski definition) is 0. The number of ether oxygens (including phenoxy) is 5. The van der Waals surface area contributed by atoms with Crippen molar-refractivity contribution in [1.82, 2.24) is 0 Å². The molecule has 0 bridgehead atoms.